The Hall–Kier alpha value is -3.37. The van der Waals surface area contributed by atoms with Crippen LogP contribution in [0.15, 0.2) is 46.4 Å². The third kappa shape index (κ3) is 5.33. The number of nitriles is 1. The second-order valence-electron chi connectivity index (χ2n) is 6.51. The highest BCUT2D eigenvalue weighted by Gasteiger charge is 2.18. The minimum absolute atomic E-state index is 0.00619. The molecule has 0 radical (unpaired) electrons. The fourth-order valence-corrected chi connectivity index (χ4v) is 2.97. The first-order valence-electron chi connectivity index (χ1n) is 9.49. The summed E-state index contributed by atoms with van der Waals surface area (Å²) in [7, 11) is 0. The number of nitrogens with zero attached hydrogens (tertiary/aromatic N) is 1. The molecule has 1 saturated heterocycles. The fourth-order valence-electron chi connectivity index (χ4n) is 2.97. The number of carbonyl (C=O) groups excluding carboxylic acids is 2. The maximum absolute atomic E-state index is 12.2. The number of nitrogens with one attached hydrogen (secondary N) is 1. The Bertz CT molecular complexity index is 931. The summed E-state index contributed by atoms with van der Waals surface area (Å²) in [5, 5.41) is 12.0. The first kappa shape index (κ1) is 20.4. The number of rotatable bonds is 7. The molecule has 0 unspecified atom stereocenters. The second-order valence-corrected chi connectivity index (χ2v) is 6.51. The maximum Gasteiger partial charge on any atom is 0.338 e. The van der Waals surface area contributed by atoms with Gasteiger partial charge in [0.2, 0.25) is 0 Å². The van der Waals surface area contributed by atoms with E-state index in [1.54, 1.807) is 43.3 Å². The summed E-state index contributed by atoms with van der Waals surface area (Å²) < 4.78 is 16.2. The fraction of sp³-hybridized carbons (Fsp3) is 0.318. The molecule has 2 aromatic rings. The molecule has 1 fully saturated rings. The van der Waals surface area contributed by atoms with Crippen LogP contribution in [0.1, 0.15) is 35.9 Å². The van der Waals surface area contributed by atoms with Crippen LogP contribution in [0.25, 0.3) is 17.4 Å². The highest BCUT2D eigenvalue weighted by molar-refractivity contribution is 6.01. The van der Waals surface area contributed by atoms with E-state index < -0.39 is 5.91 Å². The third-order valence-corrected chi connectivity index (χ3v) is 4.47. The van der Waals surface area contributed by atoms with Crippen LogP contribution < -0.4 is 5.32 Å². The number of hydrogen-bond donors (Lipinski definition) is 1. The van der Waals surface area contributed by atoms with Crippen molar-refractivity contribution in [2.24, 2.45) is 0 Å². The quantitative estimate of drug-likeness (QED) is 0.439. The van der Waals surface area contributed by atoms with Gasteiger partial charge < -0.3 is 19.2 Å². The molecule has 0 saturated carbocycles. The van der Waals surface area contributed by atoms with Gasteiger partial charge in [0.1, 0.15) is 23.2 Å². The van der Waals surface area contributed by atoms with Gasteiger partial charge in [-0.1, -0.05) is 12.1 Å². The van der Waals surface area contributed by atoms with Crippen molar-refractivity contribution < 1.29 is 23.5 Å². The van der Waals surface area contributed by atoms with Gasteiger partial charge in [-0.25, -0.2) is 4.79 Å². The number of esters is 1. The van der Waals surface area contributed by atoms with Crippen molar-refractivity contribution in [3.05, 3.63) is 53.3 Å². The summed E-state index contributed by atoms with van der Waals surface area (Å²) in [5.74, 6) is 0.108. The van der Waals surface area contributed by atoms with E-state index in [1.165, 1.54) is 6.08 Å². The number of hydrogen-bond acceptors (Lipinski definition) is 6. The average molecular weight is 394 g/mol. The van der Waals surface area contributed by atoms with Crippen molar-refractivity contribution in [2.75, 3.05) is 19.8 Å². The van der Waals surface area contributed by atoms with Crippen molar-refractivity contribution in [1.29, 1.82) is 5.26 Å². The summed E-state index contributed by atoms with van der Waals surface area (Å²) in [6.07, 6.45) is 3.30. The van der Waals surface area contributed by atoms with Gasteiger partial charge in [-0.15, -0.1) is 0 Å². The van der Waals surface area contributed by atoms with E-state index in [0.29, 0.717) is 36.8 Å². The van der Waals surface area contributed by atoms with Crippen molar-refractivity contribution in [2.45, 2.75) is 25.9 Å². The predicted molar refractivity (Wildman–Crippen MR) is 106 cm³/mol. The number of ether oxygens (including phenoxy) is 2. The van der Waals surface area contributed by atoms with Gasteiger partial charge in [0.05, 0.1) is 18.3 Å². The molecule has 1 aromatic carbocycles. The molecular formula is C22H22N2O5. The van der Waals surface area contributed by atoms with E-state index in [9.17, 15) is 14.9 Å². The molecule has 150 valence electrons. The average Bonchev–Trinajstić information content (AvgIpc) is 3.42. The lowest BCUT2D eigenvalue weighted by atomic mass is 10.1. The van der Waals surface area contributed by atoms with Crippen LogP contribution in [-0.4, -0.2) is 37.7 Å². The van der Waals surface area contributed by atoms with E-state index in [-0.39, 0.29) is 17.6 Å². The molecule has 2 heterocycles. The molecule has 7 heteroatoms. The maximum atomic E-state index is 12.2. The molecular weight excluding hydrogens is 372 g/mol. The van der Waals surface area contributed by atoms with Crippen molar-refractivity contribution in [3.8, 4) is 17.4 Å². The molecule has 1 aromatic heterocycles. The van der Waals surface area contributed by atoms with Crippen molar-refractivity contribution >= 4 is 18.0 Å². The minimum Gasteiger partial charge on any atom is -0.462 e. The summed E-state index contributed by atoms with van der Waals surface area (Å²) in [4.78, 5) is 23.9. The molecule has 3 rings (SSSR count). The van der Waals surface area contributed by atoms with Gasteiger partial charge in [-0.2, -0.15) is 5.26 Å². The van der Waals surface area contributed by atoms with Gasteiger partial charge in [0, 0.05) is 24.8 Å². The van der Waals surface area contributed by atoms with E-state index in [2.05, 4.69) is 5.32 Å². The standard InChI is InChI=1S/C22H22N2O5/c1-2-27-22(26)16-7-5-15(6-8-16)20-10-9-18(29-20)12-17(13-23)21(25)24-14-19-4-3-11-28-19/h5-10,12,19H,2-4,11,14H2,1H3,(H,24,25)/b17-12-/t19-/m0/s1. The summed E-state index contributed by atoms with van der Waals surface area (Å²) in [5.41, 5.74) is 1.18. The Morgan fingerprint density at radius 3 is 2.72 bits per heavy atom. The zero-order valence-corrected chi connectivity index (χ0v) is 16.1. The van der Waals surface area contributed by atoms with Gasteiger partial charge in [0.25, 0.3) is 5.91 Å². The molecule has 1 aliphatic heterocycles. The van der Waals surface area contributed by atoms with E-state index in [4.69, 9.17) is 13.9 Å². The van der Waals surface area contributed by atoms with Crippen LogP contribution in [0.5, 0.6) is 0 Å². The van der Waals surface area contributed by atoms with Crippen LogP contribution in [-0.2, 0) is 14.3 Å². The number of amides is 1. The van der Waals surface area contributed by atoms with Gasteiger partial charge in [-0.3, -0.25) is 4.79 Å². The molecule has 1 N–H and O–H groups in total. The number of benzene rings is 1. The normalized spacial score (nSPS) is 16.3. The van der Waals surface area contributed by atoms with Crippen LogP contribution in [0.3, 0.4) is 0 Å². The number of furan rings is 1. The lowest BCUT2D eigenvalue weighted by Gasteiger charge is -2.09. The SMILES string of the molecule is CCOC(=O)c1ccc(-c2ccc(/C=C(/C#N)C(=O)NC[C@@H]3CCCO3)o2)cc1. The first-order valence-corrected chi connectivity index (χ1v) is 9.49. The zero-order chi connectivity index (χ0) is 20.6. The number of carbonyl (C=O) groups is 2. The lowest BCUT2D eigenvalue weighted by Crippen LogP contribution is -2.32. The van der Waals surface area contributed by atoms with Crippen molar-refractivity contribution in [1.82, 2.24) is 5.32 Å². The highest BCUT2D eigenvalue weighted by Crippen LogP contribution is 2.24. The summed E-state index contributed by atoms with van der Waals surface area (Å²) >= 11 is 0. The monoisotopic (exact) mass is 394 g/mol. The van der Waals surface area contributed by atoms with Gasteiger partial charge in [0.15, 0.2) is 0 Å². The largest absolute Gasteiger partial charge is 0.462 e. The van der Waals surface area contributed by atoms with E-state index in [1.807, 2.05) is 6.07 Å². The highest BCUT2D eigenvalue weighted by atomic mass is 16.5. The summed E-state index contributed by atoms with van der Waals surface area (Å²) in [6.45, 7) is 3.16. The summed E-state index contributed by atoms with van der Waals surface area (Å²) in [6, 6.07) is 12.1. The molecule has 1 atom stereocenters. The third-order valence-electron chi connectivity index (χ3n) is 4.47. The zero-order valence-electron chi connectivity index (χ0n) is 16.1. The topological polar surface area (TPSA) is 102 Å². The Morgan fingerprint density at radius 2 is 2.07 bits per heavy atom. The van der Waals surface area contributed by atoms with E-state index in [0.717, 1.165) is 18.4 Å². The van der Waals surface area contributed by atoms with Crippen molar-refractivity contribution in [3.63, 3.8) is 0 Å². The molecule has 7 nitrogen and oxygen atoms in total. The van der Waals surface area contributed by atoms with E-state index >= 15 is 0 Å². The van der Waals surface area contributed by atoms with Gasteiger partial charge in [-0.05, 0) is 44.0 Å². The molecule has 1 amide bonds. The molecule has 29 heavy (non-hydrogen) atoms. The smallest absolute Gasteiger partial charge is 0.338 e. The molecule has 0 spiro atoms. The van der Waals surface area contributed by atoms with Crippen LogP contribution in [0.2, 0.25) is 0 Å². The molecule has 1 aliphatic rings. The Kier molecular flexibility index (Phi) is 6.82. The molecule has 0 aliphatic carbocycles. The lowest BCUT2D eigenvalue weighted by molar-refractivity contribution is -0.117. The second kappa shape index (κ2) is 9.71. The minimum atomic E-state index is -0.459. The molecule has 0 bridgehead atoms. The first-order chi connectivity index (χ1) is 14.1. The van der Waals surface area contributed by atoms with Crippen LogP contribution in [0, 0.1) is 11.3 Å². The Balaban J connectivity index is 1.66. The van der Waals surface area contributed by atoms with Crippen LogP contribution in [0.4, 0.5) is 0 Å². The Labute approximate surface area is 168 Å². The predicted octanol–water partition coefficient (Wildman–Crippen LogP) is 3.33. The van der Waals surface area contributed by atoms with Crippen LogP contribution >= 0.6 is 0 Å². The Morgan fingerprint density at radius 1 is 1.28 bits per heavy atom. The van der Waals surface area contributed by atoms with Gasteiger partial charge >= 0.3 is 5.97 Å².